The highest BCUT2D eigenvalue weighted by Crippen LogP contribution is 2.51. The minimum absolute atomic E-state index is 0.0368. The summed E-state index contributed by atoms with van der Waals surface area (Å²) in [6, 6.07) is 4.72. The van der Waals surface area contributed by atoms with Gasteiger partial charge in [0.2, 0.25) is 5.95 Å². The second kappa shape index (κ2) is 7.83. The van der Waals surface area contributed by atoms with Crippen molar-refractivity contribution in [3.05, 3.63) is 46.9 Å². The quantitative estimate of drug-likeness (QED) is 0.526. The van der Waals surface area contributed by atoms with Crippen LogP contribution in [0.1, 0.15) is 19.3 Å². The number of nitrogens with one attached hydrogen (secondary N) is 1. The molecule has 1 spiro atoms. The zero-order valence-electron chi connectivity index (χ0n) is 17.0. The number of hydrogen-bond donors (Lipinski definition) is 1. The summed E-state index contributed by atoms with van der Waals surface area (Å²) in [4.78, 5) is 6.10. The standard InChI is InChI=1S/C20H22ClF3N4O2S/c1-27(2)14-6-7-20(14)8-9-28(11-20)13-10-12(22)19(18(24)17(13)21)31(29,30)26-16-5-3-4-15(23)25-16/h3-5,10,14H,6-9,11H2,1-2H3,(H,25,26)/t14?,20-/m1/s1. The van der Waals surface area contributed by atoms with Gasteiger partial charge in [0.05, 0.1) is 5.69 Å². The Hall–Kier alpha value is -2.04. The van der Waals surface area contributed by atoms with Crippen molar-refractivity contribution in [1.82, 2.24) is 9.88 Å². The first kappa shape index (κ1) is 22.2. The highest BCUT2D eigenvalue weighted by molar-refractivity contribution is 7.92. The maximum Gasteiger partial charge on any atom is 0.268 e. The lowest BCUT2D eigenvalue weighted by Gasteiger charge is -2.50. The third-order valence-electron chi connectivity index (χ3n) is 6.29. The van der Waals surface area contributed by atoms with E-state index in [0.29, 0.717) is 19.1 Å². The fourth-order valence-electron chi connectivity index (χ4n) is 4.76. The first-order chi connectivity index (χ1) is 14.5. The molecule has 31 heavy (non-hydrogen) atoms. The van der Waals surface area contributed by atoms with Crippen molar-refractivity contribution in [1.29, 1.82) is 0 Å². The summed E-state index contributed by atoms with van der Waals surface area (Å²) in [5.41, 5.74) is 0.163. The first-order valence-electron chi connectivity index (χ1n) is 9.78. The molecule has 1 N–H and O–H groups in total. The first-order valence-corrected chi connectivity index (χ1v) is 11.6. The van der Waals surface area contributed by atoms with Crippen molar-refractivity contribution in [3.63, 3.8) is 0 Å². The van der Waals surface area contributed by atoms with Gasteiger partial charge in [0.1, 0.15) is 16.7 Å². The molecule has 2 heterocycles. The molecule has 2 fully saturated rings. The van der Waals surface area contributed by atoms with Crippen molar-refractivity contribution < 1.29 is 21.6 Å². The van der Waals surface area contributed by atoms with E-state index in [1.807, 2.05) is 23.7 Å². The molecular weight excluding hydrogens is 453 g/mol. The van der Waals surface area contributed by atoms with E-state index in [4.69, 9.17) is 11.6 Å². The Bertz CT molecular complexity index is 1130. The lowest BCUT2D eigenvalue weighted by atomic mass is 9.63. The van der Waals surface area contributed by atoms with E-state index < -0.39 is 43.3 Å². The molecular formula is C20H22ClF3N4O2S. The maximum absolute atomic E-state index is 15.0. The summed E-state index contributed by atoms with van der Waals surface area (Å²) in [7, 11) is -0.700. The Morgan fingerprint density at radius 1 is 1.26 bits per heavy atom. The number of halogens is 4. The molecule has 2 aliphatic rings. The molecule has 4 rings (SSSR count). The van der Waals surface area contributed by atoms with Gasteiger partial charge < -0.3 is 9.80 Å². The van der Waals surface area contributed by atoms with E-state index in [9.17, 15) is 17.2 Å². The molecule has 0 radical (unpaired) electrons. The van der Waals surface area contributed by atoms with Crippen LogP contribution in [0.4, 0.5) is 24.7 Å². The Balaban J connectivity index is 1.64. The van der Waals surface area contributed by atoms with Crippen molar-refractivity contribution in [2.24, 2.45) is 5.41 Å². The lowest BCUT2D eigenvalue weighted by Crippen LogP contribution is -2.54. The average Bonchev–Trinajstić information content (AvgIpc) is 3.10. The number of nitrogens with zero attached hydrogens (tertiary/aromatic N) is 3. The molecule has 0 bridgehead atoms. The summed E-state index contributed by atoms with van der Waals surface area (Å²) >= 11 is 6.18. The van der Waals surface area contributed by atoms with Crippen LogP contribution in [-0.2, 0) is 10.0 Å². The van der Waals surface area contributed by atoms with Gasteiger partial charge in [0.25, 0.3) is 10.0 Å². The molecule has 1 aromatic heterocycles. The van der Waals surface area contributed by atoms with Crippen molar-refractivity contribution in [3.8, 4) is 0 Å². The molecule has 1 aliphatic heterocycles. The molecule has 11 heteroatoms. The topological polar surface area (TPSA) is 65.5 Å². The van der Waals surface area contributed by atoms with Crippen LogP contribution >= 0.6 is 11.6 Å². The molecule has 1 saturated carbocycles. The van der Waals surface area contributed by atoms with Gasteiger partial charge in [-0.3, -0.25) is 4.72 Å². The number of benzene rings is 1. The number of anilines is 2. The van der Waals surface area contributed by atoms with Crippen LogP contribution in [0.25, 0.3) is 0 Å². The zero-order chi connectivity index (χ0) is 22.6. The monoisotopic (exact) mass is 474 g/mol. The van der Waals surface area contributed by atoms with Crippen molar-refractivity contribution in [2.75, 3.05) is 36.8 Å². The van der Waals surface area contributed by atoms with Crippen molar-refractivity contribution >= 4 is 33.1 Å². The minimum Gasteiger partial charge on any atom is -0.370 e. The number of rotatable bonds is 5. The van der Waals surface area contributed by atoms with E-state index in [2.05, 4.69) is 9.88 Å². The van der Waals surface area contributed by atoms with Crippen LogP contribution in [0.3, 0.4) is 0 Å². The molecule has 1 aliphatic carbocycles. The highest BCUT2D eigenvalue weighted by atomic mass is 35.5. The van der Waals surface area contributed by atoms with Gasteiger partial charge in [-0.25, -0.2) is 22.2 Å². The van der Waals surface area contributed by atoms with E-state index in [0.717, 1.165) is 37.5 Å². The molecule has 1 unspecified atom stereocenters. The average molecular weight is 475 g/mol. The van der Waals surface area contributed by atoms with E-state index in [1.165, 1.54) is 6.07 Å². The normalized spacial score (nSPS) is 23.5. The second-order valence-corrected chi connectivity index (χ2v) is 10.3. The third-order valence-corrected chi connectivity index (χ3v) is 8.04. The summed E-state index contributed by atoms with van der Waals surface area (Å²) in [6.07, 6.45) is 2.95. The summed E-state index contributed by atoms with van der Waals surface area (Å²) < 4.78 is 70.2. The van der Waals surface area contributed by atoms with Crippen LogP contribution in [-0.4, -0.2) is 51.5 Å². The highest BCUT2D eigenvalue weighted by Gasteiger charge is 2.52. The molecule has 0 amide bonds. The van der Waals surface area contributed by atoms with Gasteiger partial charge in [-0.2, -0.15) is 4.39 Å². The van der Waals surface area contributed by atoms with E-state index >= 15 is 4.39 Å². The number of aromatic nitrogens is 1. The predicted octanol–water partition coefficient (Wildman–Crippen LogP) is 3.87. The Morgan fingerprint density at radius 3 is 2.61 bits per heavy atom. The third kappa shape index (κ3) is 3.85. The van der Waals surface area contributed by atoms with Crippen LogP contribution in [0.15, 0.2) is 29.2 Å². The molecule has 1 aromatic carbocycles. The van der Waals surface area contributed by atoms with Gasteiger partial charge in [-0.1, -0.05) is 17.7 Å². The van der Waals surface area contributed by atoms with Gasteiger partial charge in [0.15, 0.2) is 10.7 Å². The number of hydrogen-bond acceptors (Lipinski definition) is 5. The molecule has 6 nitrogen and oxygen atoms in total. The SMILES string of the molecule is CN(C)C1CC[C@]12CCN(c1cc(F)c(S(=O)(=O)Nc3cccc(F)n3)c(F)c1Cl)C2. The zero-order valence-corrected chi connectivity index (χ0v) is 18.6. The fourth-order valence-corrected chi connectivity index (χ4v) is 6.23. The van der Waals surface area contributed by atoms with Crippen LogP contribution < -0.4 is 9.62 Å². The predicted molar refractivity (Wildman–Crippen MR) is 112 cm³/mol. The maximum atomic E-state index is 15.0. The van der Waals surface area contributed by atoms with Gasteiger partial charge in [-0.15, -0.1) is 0 Å². The van der Waals surface area contributed by atoms with Crippen LogP contribution in [0.5, 0.6) is 0 Å². The minimum atomic E-state index is -4.73. The fraction of sp³-hybridized carbons (Fsp3) is 0.450. The van der Waals surface area contributed by atoms with E-state index in [1.54, 1.807) is 0 Å². The molecule has 168 valence electrons. The van der Waals surface area contributed by atoms with E-state index in [-0.39, 0.29) is 11.1 Å². The molecule has 1 saturated heterocycles. The smallest absolute Gasteiger partial charge is 0.268 e. The Kier molecular flexibility index (Phi) is 5.60. The van der Waals surface area contributed by atoms with Crippen molar-refractivity contribution in [2.45, 2.75) is 30.2 Å². The molecule has 2 atom stereocenters. The number of pyridine rings is 1. The molecule has 2 aromatic rings. The van der Waals surface area contributed by atoms with Gasteiger partial charge in [0, 0.05) is 30.6 Å². The van der Waals surface area contributed by atoms with Gasteiger partial charge in [-0.05, 0) is 45.5 Å². The summed E-state index contributed by atoms with van der Waals surface area (Å²) in [5, 5.41) is -0.466. The summed E-state index contributed by atoms with van der Waals surface area (Å²) in [6.45, 7) is 1.16. The van der Waals surface area contributed by atoms with Crippen LogP contribution in [0.2, 0.25) is 5.02 Å². The van der Waals surface area contributed by atoms with Crippen LogP contribution in [0, 0.1) is 23.0 Å². The summed E-state index contributed by atoms with van der Waals surface area (Å²) in [5.74, 6) is -4.01. The largest absolute Gasteiger partial charge is 0.370 e. The Labute approximate surface area is 184 Å². The second-order valence-electron chi connectivity index (χ2n) is 8.34. The number of sulfonamides is 1. The van der Waals surface area contributed by atoms with Gasteiger partial charge >= 0.3 is 0 Å². The lowest BCUT2D eigenvalue weighted by molar-refractivity contribution is 0.0177. The Morgan fingerprint density at radius 2 is 2.00 bits per heavy atom.